The van der Waals surface area contributed by atoms with Crippen molar-refractivity contribution in [3.05, 3.63) is 52.8 Å². The van der Waals surface area contributed by atoms with Gasteiger partial charge in [0.2, 0.25) is 10.0 Å². The Balaban J connectivity index is 1.70. The quantitative estimate of drug-likeness (QED) is 0.791. The number of hydrogen-bond acceptors (Lipinski definition) is 4. The van der Waals surface area contributed by atoms with E-state index in [0.29, 0.717) is 37.7 Å². The average molecular weight is 398 g/mol. The highest BCUT2D eigenvalue weighted by molar-refractivity contribution is 7.89. The van der Waals surface area contributed by atoms with Crippen LogP contribution in [0.4, 0.5) is 4.39 Å². The second kappa shape index (κ2) is 6.72. The molecule has 5 nitrogen and oxygen atoms in total. The lowest BCUT2D eigenvalue weighted by Gasteiger charge is -2.26. The molecule has 2 aliphatic heterocycles. The van der Waals surface area contributed by atoms with E-state index < -0.39 is 15.8 Å². The summed E-state index contributed by atoms with van der Waals surface area (Å²) in [6.45, 7) is 1.35. The van der Waals surface area contributed by atoms with Crippen LogP contribution in [0.25, 0.3) is 0 Å². The van der Waals surface area contributed by atoms with Crippen molar-refractivity contribution in [1.82, 2.24) is 4.31 Å². The molecule has 2 heterocycles. The maximum Gasteiger partial charge on any atom is 0.245 e. The van der Waals surface area contributed by atoms with Crippen LogP contribution < -0.4 is 9.47 Å². The molecule has 1 unspecified atom stereocenters. The maximum absolute atomic E-state index is 13.3. The predicted molar refractivity (Wildman–Crippen MR) is 94.7 cm³/mol. The smallest absolute Gasteiger partial charge is 0.245 e. The Morgan fingerprint density at radius 3 is 2.62 bits per heavy atom. The van der Waals surface area contributed by atoms with Gasteiger partial charge in [-0.3, -0.25) is 0 Å². The van der Waals surface area contributed by atoms with Gasteiger partial charge in [-0.15, -0.1) is 0 Å². The Morgan fingerprint density at radius 2 is 1.85 bits per heavy atom. The highest BCUT2D eigenvalue weighted by atomic mass is 35.5. The molecule has 0 radical (unpaired) electrons. The second-order valence-electron chi connectivity index (χ2n) is 6.25. The first kappa shape index (κ1) is 17.6. The molecule has 1 fully saturated rings. The molecule has 2 aromatic carbocycles. The van der Waals surface area contributed by atoms with Gasteiger partial charge >= 0.3 is 0 Å². The summed E-state index contributed by atoms with van der Waals surface area (Å²) >= 11 is 6.00. The van der Waals surface area contributed by atoms with Gasteiger partial charge in [0.15, 0.2) is 11.5 Å². The second-order valence-corrected chi connectivity index (χ2v) is 8.52. The molecular formula is C18H17ClFNO4S. The summed E-state index contributed by atoms with van der Waals surface area (Å²) in [7, 11) is -3.84. The lowest BCUT2D eigenvalue weighted by atomic mass is 10.0. The minimum Gasteiger partial charge on any atom is -0.486 e. The summed E-state index contributed by atoms with van der Waals surface area (Å²) in [5.74, 6) is 0.713. The predicted octanol–water partition coefficient (Wildman–Crippen LogP) is 3.78. The van der Waals surface area contributed by atoms with Crippen LogP contribution in [0, 0.1) is 5.82 Å². The van der Waals surface area contributed by atoms with Crippen LogP contribution in [0.1, 0.15) is 24.4 Å². The molecule has 0 spiro atoms. The molecule has 0 saturated carbocycles. The van der Waals surface area contributed by atoms with Gasteiger partial charge in [-0.1, -0.05) is 17.7 Å². The van der Waals surface area contributed by atoms with Crippen molar-refractivity contribution in [3.8, 4) is 11.5 Å². The number of halogens is 2. The zero-order valence-corrected chi connectivity index (χ0v) is 15.4. The van der Waals surface area contributed by atoms with Gasteiger partial charge in [0.05, 0.1) is 11.1 Å². The van der Waals surface area contributed by atoms with Crippen molar-refractivity contribution in [3.63, 3.8) is 0 Å². The third-order valence-electron chi connectivity index (χ3n) is 4.64. The van der Waals surface area contributed by atoms with Crippen LogP contribution >= 0.6 is 11.6 Å². The molecule has 0 aromatic heterocycles. The number of benzene rings is 2. The molecule has 26 heavy (non-hydrogen) atoms. The van der Waals surface area contributed by atoms with E-state index in [2.05, 4.69) is 0 Å². The molecule has 4 rings (SSSR count). The lowest BCUT2D eigenvalue weighted by Crippen LogP contribution is -2.31. The maximum atomic E-state index is 13.3. The molecule has 2 aromatic rings. The van der Waals surface area contributed by atoms with Gasteiger partial charge in [-0.05, 0) is 48.7 Å². The molecule has 0 amide bonds. The zero-order chi connectivity index (χ0) is 18.3. The van der Waals surface area contributed by atoms with E-state index in [4.69, 9.17) is 21.1 Å². The summed E-state index contributed by atoms with van der Waals surface area (Å²) in [5, 5.41) is -0.113. The van der Waals surface area contributed by atoms with E-state index in [1.807, 2.05) is 12.1 Å². The van der Waals surface area contributed by atoms with E-state index in [1.165, 1.54) is 10.4 Å². The van der Waals surface area contributed by atoms with E-state index in [0.717, 1.165) is 24.1 Å². The monoisotopic (exact) mass is 397 g/mol. The van der Waals surface area contributed by atoms with Gasteiger partial charge < -0.3 is 9.47 Å². The Hall–Kier alpha value is -1.83. The van der Waals surface area contributed by atoms with Crippen LogP contribution in [-0.4, -0.2) is 32.5 Å². The topological polar surface area (TPSA) is 55.8 Å². The summed E-state index contributed by atoms with van der Waals surface area (Å²) in [6.07, 6.45) is 1.43. The van der Waals surface area contributed by atoms with E-state index in [1.54, 1.807) is 6.07 Å². The Labute approximate surface area is 156 Å². The average Bonchev–Trinajstić information content (AvgIpc) is 3.11. The first-order valence-corrected chi connectivity index (χ1v) is 10.1. The molecule has 0 bridgehead atoms. The number of sulfonamides is 1. The van der Waals surface area contributed by atoms with Crippen LogP contribution in [0.3, 0.4) is 0 Å². The summed E-state index contributed by atoms with van der Waals surface area (Å²) in [4.78, 5) is -0.0787. The summed E-state index contributed by atoms with van der Waals surface area (Å²) in [6, 6.07) is 8.51. The highest BCUT2D eigenvalue weighted by Crippen LogP contribution is 2.41. The Kier molecular flexibility index (Phi) is 4.54. The first-order valence-electron chi connectivity index (χ1n) is 8.33. The van der Waals surface area contributed by atoms with Crippen molar-refractivity contribution in [2.75, 3.05) is 19.8 Å². The highest BCUT2D eigenvalue weighted by Gasteiger charge is 2.37. The Bertz CT molecular complexity index is 950. The number of nitrogens with zero attached hydrogens (tertiary/aromatic N) is 1. The minimum absolute atomic E-state index is 0.0787. The van der Waals surface area contributed by atoms with Crippen LogP contribution in [0.5, 0.6) is 11.5 Å². The molecule has 138 valence electrons. The van der Waals surface area contributed by atoms with Crippen LogP contribution in [0.15, 0.2) is 41.3 Å². The number of ether oxygens (including phenoxy) is 2. The normalized spacial score (nSPS) is 20.3. The Morgan fingerprint density at radius 1 is 1.08 bits per heavy atom. The minimum atomic E-state index is -3.84. The van der Waals surface area contributed by atoms with Crippen molar-refractivity contribution < 1.29 is 22.3 Å². The molecule has 1 saturated heterocycles. The molecule has 2 aliphatic rings. The van der Waals surface area contributed by atoms with Gasteiger partial charge in [0, 0.05) is 6.54 Å². The zero-order valence-electron chi connectivity index (χ0n) is 13.8. The molecule has 1 atom stereocenters. The lowest BCUT2D eigenvalue weighted by molar-refractivity contribution is 0.171. The van der Waals surface area contributed by atoms with Crippen LogP contribution in [0.2, 0.25) is 5.02 Å². The van der Waals surface area contributed by atoms with Crippen molar-refractivity contribution in [2.45, 2.75) is 23.8 Å². The molecule has 0 N–H and O–H groups in total. The van der Waals surface area contributed by atoms with Crippen molar-refractivity contribution >= 4 is 21.6 Å². The SMILES string of the molecule is O=S(=O)(c1ccc(F)cc1Cl)N1CCCC1c1ccc2c(c1)OCCO2. The summed E-state index contributed by atoms with van der Waals surface area (Å²) < 4.78 is 52.1. The standard InChI is InChI=1S/C18H17ClFNO4S/c19-14-11-13(20)4-6-18(14)26(22,23)21-7-1-2-15(21)12-3-5-16-17(10-12)25-9-8-24-16/h3-6,10-11,15H,1-2,7-9H2. The summed E-state index contributed by atoms with van der Waals surface area (Å²) in [5.41, 5.74) is 0.841. The van der Waals surface area contributed by atoms with Crippen molar-refractivity contribution in [1.29, 1.82) is 0 Å². The van der Waals surface area contributed by atoms with Crippen LogP contribution in [-0.2, 0) is 10.0 Å². The van der Waals surface area contributed by atoms with Gasteiger partial charge in [-0.2, -0.15) is 4.31 Å². The third kappa shape index (κ3) is 3.04. The molecule has 8 heteroatoms. The largest absolute Gasteiger partial charge is 0.486 e. The first-order chi connectivity index (χ1) is 12.5. The number of fused-ring (bicyclic) bond motifs is 1. The molecular weight excluding hydrogens is 381 g/mol. The van der Waals surface area contributed by atoms with E-state index in [9.17, 15) is 12.8 Å². The number of hydrogen-bond donors (Lipinski definition) is 0. The fraction of sp³-hybridized carbons (Fsp3) is 0.333. The van der Waals surface area contributed by atoms with Gasteiger partial charge in [-0.25, -0.2) is 12.8 Å². The molecule has 0 aliphatic carbocycles. The van der Waals surface area contributed by atoms with Gasteiger partial charge in [0.1, 0.15) is 23.9 Å². The fourth-order valence-corrected chi connectivity index (χ4v) is 5.63. The van der Waals surface area contributed by atoms with Gasteiger partial charge in [0.25, 0.3) is 0 Å². The van der Waals surface area contributed by atoms with E-state index >= 15 is 0 Å². The van der Waals surface area contributed by atoms with E-state index in [-0.39, 0.29) is 16.0 Å². The number of rotatable bonds is 3. The fourth-order valence-electron chi connectivity index (χ4n) is 3.44. The van der Waals surface area contributed by atoms with Crippen molar-refractivity contribution in [2.24, 2.45) is 0 Å². The third-order valence-corrected chi connectivity index (χ3v) is 7.03.